The molecule has 1 saturated carbocycles. The molecule has 2 amide bonds. The lowest BCUT2D eigenvalue weighted by Crippen LogP contribution is -2.30. The van der Waals surface area contributed by atoms with E-state index in [1.54, 1.807) is 0 Å². The monoisotopic (exact) mass is 294 g/mol. The third kappa shape index (κ3) is 5.06. The minimum absolute atomic E-state index is 0.0501. The van der Waals surface area contributed by atoms with E-state index in [9.17, 15) is 4.79 Å². The molecule has 20 heavy (non-hydrogen) atoms. The van der Waals surface area contributed by atoms with E-state index in [1.165, 1.54) is 31.2 Å². The Bertz CT molecular complexity index is 434. The van der Waals surface area contributed by atoms with Crippen molar-refractivity contribution in [2.45, 2.75) is 36.7 Å². The maximum absolute atomic E-state index is 11.5. The zero-order chi connectivity index (χ0) is 14.2. The van der Waals surface area contributed by atoms with Gasteiger partial charge in [-0.05, 0) is 30.5 Å². The van der Waals surface area contributed by atoms with Gasteiger partial charge < -0.3 is 15.7 Å². The standard InChI is InChI=1S/C15H22N2O2S/c18-9-8-16-15(19)17-13-5-3-4-12(10-13)11-20-14-6-1-2-7-14/h3-5,10,14,18H,1-2,6-9,11H2,(H2,16,17,19). The van der Waals surface area contributed by atoms with Crippen molar-refractivity contribution in [2.24, 2.45) is 0 Å². The molecule has 0 heterocycles. The van der Waals surface area contributed by atoms with Gasteiger partial charge in [0, 0.05) is 23.2 Å². The van der Waals surface area contributed by atoms with E-state index in [2.05, 4.69) is 16.7 Å². The van der Waals surface area contributed by atoms with E-state index >= 15 is 0 Å². The average molecular weight is 294 g/mol. The molecule has 1 aromatic carbocycles. The molecule has 0 aromatic heterocycles. The number of thioether (sulfide) groups is 1. The second kappa shape index (κ2) is 8.17. The topological polar surface area (TPSA) is 61.4 Å². The molecule has 0 atom stereocenters. The number of hydrogen-bond donors (Lipinski definition) is 3. The van der Waals surface area contributed by atoms with E-state index in [0.717, 1.165) is 16.7 Å². The van der Waals surface area contributed by atoms with Gasteiger partial charge in [0.2, 0.25) is 0 Å². The van der Waals surface area contributed by atoms with Gasteiger partial charge in [0.25, 0.3) is 0 Å². The van der Waals surface area contributed by atoms with Crippen molar-refractivity contribution in [2.75, 3.05) is 18.5 Å². The van der Waals surface area contributed by atoms with Crippen molar-refractivity contribution in [1.29, 1.82) is 0 Å². The number of carbonyl (C=O) groups is 1. The summed E-state index contributed by atoms with van der Waals surface area (Å²) < 4.78 is 0. The molecule has 1 aliphatic carbocycles. The first kappa shape index (κ1) is 15.2. The predicted molar refractivity (Wildman–Crippen MR) is 84.1 cm³/mol. The van der Waals surface area contributed by atoms with Crippen LogP contribution in [0, 0.1) is 0 Å². The molecule has 5 heteroatoms. The van der Waals surface area contributed by atoms with Crippen LogP contribution in [0.3, 0.4) is 0 Å². The van der Waals surface area contributed by atoms with Gasteiger partial charge in [0.05, 0.1) is 6.61 Å². The Morgan fingerprint density at radius 3 is 2.90 bits per heavy atom. The second-order valence-corrected chi connectivity index (χ2v) is 6.31. The summed E-state index contributed by atoms with van der Waals surface area (Å²) in [4.78, 5) is 11.5. The first-order chi connectivity index (χ1) is 9.78. The third-order valence-electron chi connectivity index (χ3n) is 3.37. The zero-order valence-corrected chi connectivity index (χ0v) is 12.4. The Morgan fingerprint density at radius 2 is 2.15 bits per heavy atom. The Morgan fingerprint density at radius 1 is 1.35 bits per heavy atom. The van der Waals surface area contributed by atoms with Crippen LogP contribution < -0.4 is 10.6 Å². The van der Waals surface area contributed by atoms with Gasteiger partial charge in [0.1, 0.15) is 0 Å². The van der Waals surface area contributed by atoms with E-state index in [1.807, 2.05) is 30.0 Å². The van der Waals surface area contributed by atoms with Crippen molar-refractivity contribution in [3.05, 3.63) is 29.8 Å². The molecule has 0 bridgehead atoms. The number of aliphatic hydroxyl groups is 1. The average Bonchev–Trinajstić information content (AvgIpc) is 2.97. The fourth-order valence-electron chi connectivity index (χ4n) is 2.35. The minimum Gasteiger partial charge on any atom is -0.395 e. The summed E-state index contributed by atoms with van der Waals surface area (Å²) in [6.45, 7) is 0.217. The van der Waals surface area contributed by atoms with Crippen molar-refractivity contribution in [3.8, 4) is 0 Å². The summed E-state index contributed by atoms with van der Waals surface area (Å²) in [5.41, 5.74) is 2.03. The highest BCUT2D eigenvalue weighted by molar-refractivity contribution is 7.99. The lowest BCUT2D eigenvalue weighted by Gasteiger charge is -2.10. The first-order valence-electron chi connectivity index (χ1n) is 7.14. The highest BCUT2D eigenvalue weighted by Gasteiger charge is 2.15. The molecule has 1 fully saturated rings. The number of benzene rings is 1. The molecule has 0 unspecified atom stereocenters. The van der Waals surface area contributed by atoms with Crippen LogP contribution in [0.25, 0.3) is 0 Å². The maximum atomic E-state index is 11.5. The summed E-state index contributed by atoms with van der Waals surface area (Å²) in [6.07, 6.45) is 5.41. The van der Waals surface area contributed by atoms with Crippen LogP contribution >= 0.6 is 11.8 Å². The summed E-state index contributed by atoms with van der Waals surface area (Å²) in [7, 11) is 0. The van der Waals surface area contributed by atoms with Crippen molar-refractivity contribution in [1.82, 2.24) is 5.32 Å². The van der Waals surface area contributed by atoms with Crippen LogP contribution in [-0.2, 0) is 5.75 Å². The quantitative estimate of drug-likeness (QED) is 0.756. The van der Waals surface area contributed by atoms with Gasteiger partial charge in [0.15, 0.2) is 0 Å². The smallest absolute Gasteiger partial charge is 0.319 e. The van der Waals surface area contributed by atoms with Gasteiger partial charge >= 0.3 is 6.03 Å². The molecule has 4 nitrogen and oxygen atoms in total. The van der Waals surface area contributed by atoms with Crippen molar-refractivity contribution >= 4 is 23.5 Å². The molecule has 2 rings (SSSR count). The Balaban J connectivity index is 1.82. The summed E-state index contributed by atoms with van der Waals surface area (Å²) in [6, 6.07) is 7.67. The Kier molecular flexibility index (Phi) is 6.21. The van der Waals surface area contributed by atoms with E-state index in [-0.39, 0.29) is 19.2 Å². The van der Waals surface area contributed by atoms with Crippen LogP contribution in [0.15, 0.2) is 24.3 Å². The highest BCUT2D eigenvalue weighted by Crippen LogP contribution is 2.31. The largest absolute Gasteiger partial charge is 0.395 e. The van der Waals surface area contributed by atoms with Gasteiger partial charge in [-0.15, -0.1) is 0 Å². The van der Waals surface area contributed by atoms with Crippen LogP contribution in [0.1, 0.15) is 31.2 Å². The van der Waals surface area contributed by atoms with E-state index in [4.69, 9.17) is 5.11 Å². The van der Waals surface area contributed by atoms with Crippen LogP contribution in [-0.4, -0.2) is 29.5 Å². The summed E-state index contributed by atoms with van der Waals surface area (Å²) in [5, 5.41) is 14.8. The minimum atomic E-state index is -0.278. The molecule has 3 N–H and O–H groups in total. The number of hydrogen-bond acceptors (Lipinski definition) is 3. The highest BCUT2D eigenvalue weighted by atomic mass is 32.2. The van der Waals surface area contributed by atoms with Gasteiger partial charge in [-0.1, -0.05) is 25.0 Å². The number of anilines is 1. The Hall–Kier alpha value is -1.20. The number of nitrogens with one attached hydrogen (secondary N) is 2. The van der Waals surface area contributed by atoms with Gasteiger partial charge in [-0.3, -0.25) is 0 Å². The number of urea groups is 1. The normalized spacial score (nSPS) is 15.2. The summed E-state index contributed by atoms with van der Waals surface area (Å²) in [5.74, 6) is 0.998. The van der Waals surface area contributed by atoms with Crippen LogP contribution in [0.5, 0.6) is 0 Å². The number of amides is 2. The SMILES string of the molecule is O=C(NCCO)Nc1cccc(CSC2CCCC2)c1. The van der Waals surface area contributed by atoms with Crippen LogP contribution in [0.2, 0.25) is 0 Å². The molecule has 0 aliphatic heterocycles. The molecule has 0 saturated heterocycles. The zero-order valence-electron chi connectivity index (χ0n) is 11.6. The molecular weight excluding hydrogens is 272 g/mol. The molecule has 0 radical (unpaired) electrons. The van der Waals surface area contributed by atoms with Crippen molar-refractivity contribution < 1.29 is 9.90 Å². The van der Waals surface area contributed by atoms with Crippen LogP contribution in [0.4, 0.5) is 10.5 Å². The fraction of sp³-hybridized carbons (Fsp3) is 0.533. The Labute approximate surface area is 124 Å². The lowest BCUT2D eigenvalue weighted by molar-refractivity contribution is 0.245. The van der Waals surface area contributed by atoms with E-state index < -0.39 is 0 Å². The number of carbonyl (C=O) groups excluding carboxylic acids is 1. The third-order valence-corrected chi connectivity index (χ3v) is 4.81. The second-order valence-electron chi connectivity index (χ2n) is 5.02. The molecular formula is C15H22N2O2S. The molecule has 1 aromatic rings. The predicted octanol–water partition coefficient (Wildman–Crippen LogP) is 2.98. The molecule has 1 aliphatic rings. The first-order valence-corrected chi connectivity index (χ1v) is 8.19. The molecule has 0 spiro atoms. The molecule has 110 valence electrons. The van der Waals surface area contributed by atoms with E-state index in [0.29, 0.717) is 0 Å². The fourth-order valence-corrected chi connectivity index (χ4v) is 3.63. The van der Waals surface area contributed by atoms with Gasteiger partial charge in [-0.25, -0.2) is 4.79 Å². The number of aliphatic hydroxyl groups excluding tert-OH is 1. The lowest BCUT2D eigenvalue weighted by atomic mass is 10.2. The number of rotatable bonds is 6. The van der Waals surface area contributed by atoms with Gasteiger partial charge in [-0.2, -0.15) is 11.8 Å². The maximum Gasteiger partial charge on any atom is 0.319 e. The summed E-state index contributed by atoms with van der Waals surface area (Å²) >= 11 is 2.02. The van der Waals surface area contributed by atoms with Crippen molar-refractivity contribution in [3.63, 3.8) is 0 Å².